The fourth-order valence-electron chi connectivity index (χ4n) is 3.55. The molecule has 0 radical (unpaired) electrons. The molecular weight excluding hydrogens is 459 g/mol. The maximum atomic E-state index is 12.1. The first-order valence-electron chi connectivity index (χ1n) is 9.10. The maximum absolute atomic E-state index is 12.1. The molecule has 5 nitrogen and oxygen atoms in total. The van der Waals surface area contributed by atoms with Gasteiger partial charge in [0.25, 0.3) is 0 Å². The average Bonchev–Trinajstić information content (AvgIpc) is 3.07. The van der Waals surface area contributed by atoms with Crippen LogP contribution in [0, 0.1) is 0 Å². The highest BCUT2D eigenvalue weighted by molar-refractivity contribution is 14.0. The van der Waals surface area contributed by atoms with Gasteiger partial charge in [-0.3, -0.25) is 9.20 Å². The second-order valence-corrected chi connectivity index (χ2v) is 8.61. The number of guanidine groups is 1. The first kappa shape index (κ1) is 21.2. The van der Waals surface area contributed by atoms with E-state index in [1.54, 1.807) is 7.05 Å². The van der Waals surface area contributed by atoms with Gasteiger partial charge in [-0.05, 0) is 36.8 Å². The third-order valence-electron chi connectivity index (χ3n) is 4.88. The molecule has 2 aromatic rings. The molecule has 0 saturated heterocycles. The van der Waals surface area contributed by atoms with Gasteiger partial charge in [-0.2, -0.15) is 0 Å². The minimum absolute atomic E-state index is 0. The number of nitrogens with zero attached hydrogens (tertiary/aromatic N) is 1. The Bertz CT molecular complexity index is 728. The summed E-state index contributed by atoms with van der Waals surface area (Å²) in [6, 6.07) is 10.8. The van der Waals surface area contributed by atoms with Gasteiger partial charge in [0.2, 0.25) is 0 Å². The van der Waals surface area contributed by atoms with Crippen LogP contribution in [0.3, 0.4) is 0 Å². The van der Waals surface area contributed by atoms with Crippen LogP contribution in [-0.2, 0) is 17.3 Å². The molecule has 1 fully saturated rings. The summed E-state index contributed by atoms with van der Waals surface area (Å²) in [5, 5.41) is 8.44. The van der Waals surface area contributed by atoms with E-state index in [1.807, 2.05) is 19.1 Å². The second kappa shape index (κ2) is 10.3. The molecule has 1 saturated carbocycles. The Balaban J connectivity index is 0.00000243. The first-order chi connectivity index (χ1) is 12.2. The number of H-pyrrole nitrogens is 1. The highest BCUT2D eigenvalue weighted by atomic mass is 127. The lowest BCUT2D eigenvalue weighted by atomic mass is 9.95. The molecular formula is C19H29IN4OS. The lowest BCUT2D eigenvalue weighted by molar-refractivity contribution is 0.413. The summed E-state index contributed by atoms with van der Waals surface area (Å²) in [6.45, 7) is 2.71. The van der Waals surface area contributed by atoms with Gasteiger partial charge in [-0.25, -0.2) is 0 Å². The Labute approximate surface area is 175 Å². The molecule has 3 N–H and O–H groups in total. The van der Waals surface area contributed by atoms with Gasteiger partial charge < -0.3 is 15.6 Å². The zero-order valence-corrected chi connectivity index (χ0v) is 18.6. The fraction of sp³-hybridized carbons (Fsp3) is 0.526. The van der Waals surface area contributed by atoms with E-state index in [4.69, 9.17) is 0 Å². The Morgan fingerprint density at radius 2 is 2.15 bits per heavy atom. The van der Waals surface area contributed by atoms with Crippen LogP contribution in [0.5, 0.6) is 0 Å². The third kappa shape index (κ3) is 5.45. The van der Waals surface area contributed by atoms with Crippen molar-refractivity contribution in [1.82, 2.24) is 15.6 Å². The highest BCUT2D eigenvalue weighted by Crippen LogP contribution is 2.23. The molecule has 3 unspecified atom stereocenters. The summed E-state index contributed by atoms with van der Waals surface area (Å²) in [6.07, 6.45) is 4.30. The number of nitrogens with one attached hydrogen (secondary N) is 3. The van der Waals surface area contributed by atoms with E-state index >= 15 is 0 Å². The number of fused-ring (bicyclic) bond motifs is 1. The number of aromatic amines is 1. The van der Waals surface area contributed by atoms with E-state index in [-0.39, 0.29) is 24.0 Å². The van der Waals surface area contributed by atoms with Crippen LogP contribution < -0.4 is 10.6 Å². The molecule has 26 heavy (non-hydrogen) atoms. The van der Waals surface area contributed by atoms with E-state index in [2.05, 4.69) is 38.8 Å². The van der Waals surface area contributed by atoms with Crippen LogP contribution in [-0.4, -0.2) is 39.2 Å². The number of benzene rings is 1. The summed E-state index contributed by atoms with van der Waals surface area (Å²) in [5.41, 5.74) is 2.29. The van der Waals surface area contributed by atoms with E-state index < -0.39 is 10.8 Å². The lowest BCUT2D eigenvalue weighted by Gasteiger charge is -2.30. The molecule has 0 spiro atoms. The van der Waals surface area contributed by atoms with Crippen LogP contribution in [0.1, 0.15) is 38.3 Å². The van der Waals surface area contributed by atoms with Crippen molar-refractivity contribution in [2.24, 2.45) is 4.99 Å². The van der Waals surface area contributed by atoms with Gasteiger partial charge in [0, 0.05) is 46.1 Å². The van der Waals surface area contributed by atoms with Crippen molar-refractivity contribution < 1.29 is 4.21 Å². The molecule has 1 aromatic heterocycles. The van der Waals surface area contributed by atoms with Crippen molar-refractivity contribution in [3.63, 3.8) is 0 Å². The molecule has 1 aliphatic carbocycles. The SMILES string of the molecule is CCS(=O)C1CCCC(NC(=NC)NCc2cc3ccccc3[nH]2)C1.I. The van der Waals surface area contributed by atoms with Gasteiger partial charge in [0.05, 0.1) is 6.54 Å². The molecule has 0 amide bonds. The van der Waals surface area contributed by atoms with Crippen LogP contribution in [0.2, 0.25) is 0 Å². The number of halogens is 1. The van der Waals surface area contributed by atoms with Crippen LogP contribution in [0.15, 0.2) is 35.3 Å². The predicted octanol–water partition coefficient (Wildman–Crippen LogP) is 3.53. The Morgan fingerprint density at radius 1 is 1.35 bits per heavy atom. The maximum Gasteiger partial charge on any atom is 0.191 e. The number of hydrogen-bond acceptors (Lipinski definition) is 2. The Hall–Kier alpha value is -1.09. The number of aliphatic imine (C=N–C) groups is 1. The quantitative estimate of drug-likeness (QED) is 0.343. The van der Waals surface area contributed by atoms with Crippen molar-refractivity contribution in [3.05, 3.63) is 36.0 Å². The van der Waals surface area contributed by atoms with E-state index in [9.17, 15) is 4.21 Å². The van der Waals surface area contributed by atoms with Gasteiger partial charge in [0.1, 0.15) is 0 Å². The van der Waals surface area contributed by atoms with E-state index in [1.165, 1.54) is 5.39 Å². The average molecular weight is 488 g/mol. The van der Waals surface area contributed by atoms with Crippen molar-refractivity contribution in [2.45, 2.75) is 50.4 Å². The summed E-state index contributed by atoms with van der Waals surface area (Å²) >= 11 is 0. The predicted molar refractivity (Wildman–Crippen MR) is 122 cm³/mol. The second-order valence-electron chi connectivity index (χ2n) is 6.61. The molecule has 7 heteroatoms. The standard InChI is InChI=1S/C19H28N4OS.HI/c1-3-25(24)17-9-6-8-15(12-17)23-19(20-2)21-13-16-11-14-7-4-5-10-18(14)22-16;/h4-5,7,10-11,15,17,22H,3,6,8-9,12-13H2,1-2H3,(H2,20,21,23);1H. The molecule has 144 valence electrons. The molecule has 3 atom stereocenters. The largest absolute Gasteiger partial charge is 0.357 e. The minimum Gasteiger partial charge on any atom is -0.357 e. The number of aromatic nitrogens is 1. The summed E-state index contributed by atoms with van der Waals surface area (Å²) in [7, 11) is 1.10. The normalized spacial score (nSPS) is 21.8. The summed E-state index contributed by atoms with van der Waals surface area (Å²) in [5.74, 6) is 1.57. The molecule has 1 aliphatic rings. The van der Waals surface area contributed by atoms with Crippen LogP contribution in [0.25, 0.3) is 10.9 Å². The number of hydrogen-bond donors (Lipinski definition) is 3. The number of para-hydroxylation sites is 1. The fourth-order valence-corrected chi connectivity index (χ4v) is 4.89. The number of rotatable bonds is 5. The molecule has 0 aliphatic heterocycles. The van der Waals surface area contributed by atoms with E-state index in [0.717, 1.165) is 48.6 Å². The molecule has 3 rings (SSSR count). The molecule has 1 heterocycles. The van der Waals surface area contributed by atoms with Crippen molar-refractivity contribution in [1.29, 1.82) is 0 Å². The Kier molecular flexibility index (Phi) is 8.40. The van der Waals surface area contributed by atoms with Crippen LogP contribution >= 0.6 is 24.0 Å². The van der Waals surface area contributed by atoms with Gasteiger partial charge >= 0.3 is 0 Å². The molecule has 0 bridgehead atoms. The summed E-state index contributed by atoms with van der Waals surface area (Å²) < 4.78 is 12.1. The monoisotopic (exact) mass is 488 g/mol. The van der Waals surface area contributed by atoms with Crippen molar-refractivity contribution >= 4 is 51.6 Å². The van der Waals surface area contributed by atoms with Gasteiger partial charge in [-0.15, -0.1) is 24.0 Å². The highest BCUT2D eigenvalue weighted by Gasteiger charge is 2.26. The van der Waals surface area contributed by atoms with Crippen LogP contribution in [0.4, 0.5) is 0 Å². The van der Waals surface area contributed by atoms with Crippen molar-refractivity contribution in [2.75, 3.05) is 12.8 Å². The smallest absolute Gasteiger partial charge is 0.191 e. The molecule has 1 aromatic carbocycles. The van der Waals surface area contributed by atoms with Gasteiger partial charge in [-0.1, -0.05) is 31.5 Å². The van der Waals surface area contributed by atoms with Gasteiger partial charge in [0.15, 0.2) is 5.96 Å². The van der Waals surface area contributed by atoms with Crippen molar-refractivity contribution in [3.8, 4) is 0 Å². The minimum atomic E-state index is -0.699. The third-order valence-corrected chi connectivity index (χ3v) is 6.62. The summed E-state index contributed by atoms with van der Waals surface area (Å²) in [4.78, 5) is 7.77. The first-order valence-corrected chi connectivity index (χ1v) is 10.5. The topological polar surface area (TPSA) is 69.3 Å². The van der Waals surface area contributed by atoms with E-state index in [0.29, 0.717) is 17.8 Å². The zero-order chi connectivity index (χ0) is 17.6. The lowest BCUT2D eigenvalue weighted by Crippen LogP contribution is -2.46. The zero-order valence-electron chi connectivity index (χ0n) is 15.5. The Morgan fingerprint density at radius 3 is 2.88 bits per heavy atom.